The lowest BCUT2D eigenvalue weighted by molar-refractivity contribution is -0.0785. The molecule has 0 spiro atoms. The van der Waals surface area contributed by atoms with E-state index >= 15 is 0 Å². The Morgan fingerprint density at radius 1 is 1.06 bits per heavy atom. The number of halogens is 1. The van der Waals surface area contributed by atoms with Crippen molar-refractivity contribution in [3.63, 3.8) is 0 Å². The van der Waals surface area contributed by atoms with Gasteiger partial charge in [0.15, 0.2) is 0 Å². The highest BCUT2D eigenvalue weighted by atomic mass is 127. The second-order valence-corrected chi connectivity index (χ2v) is 13.4. The molecule has 2 nitrogen and oxygen atoms in total. The number of ether oxygens (including phenoxy) is 2. The van der Waals surface area contributed by atoms with E-state index in [2.05, 4.69) is 50.3 Å². The summed E-state index contributed by atoms with van der Waals surface area (Å²) in [5.41, 5.74) is 4.31. The van der Waals surface area contributed by atoms with Crippen LogP contribution in [0.1, 0.15) is 98.3 Å². The van der Waals surface area contributed by atoms with E-state index in [1.807, 2.05) is 11.1 Å². The van der Waals surface area contributed by atoms with Gasteiger partial charge in [-0.2, -0.15) is 0 Å². The summed E-state index contributed by atoms with van der Waals surface area (Å²) in [4.78, 5) is 0. The zero-order valence-electron chi connectivity index (χ0n) is 21.5. The van der Waals surface area contributed by atoms with Crippen molar-refractivity contribution >= 4 is 22.6 Å². The van der Waals surface area contributed by atoms with Crippen LogP contribution in [0.2, 0.25) is 0 Å². The maximum Gasteiger partial charge on any atom is 0.146 e. The van der Waals surface area contributed by atoms with Gasteiger partial charge in [-0.25, -0.2) is 0 Å². The molecule has 3 heteroatoms. The molecule has 184 valence electrons. The standard InChI is InChI=1S/C29H49IO2/c1-19(2)7-6-8-20(3)27-11-12-28-26-15-21(17-30)25-16-22(32-18-31-5)9-10-23(25)24(26)13-14-29(27,28)4/h19-22,24,26-28H,6-18H2,1-5H3/t20-,21?,22+,24-,26-,27-,28+,29-/m1/s1. The van der Waals surface area contributed by atoms with E-state index in [0.717, 1.165) is 41.4 Å². The second kappa shape index (κ2) is 11.0. The molecule has 8 atom stereocenters. The summed E-state index contributed by atoms with van der Waals surface area (Å²) in [6.45, 7) is 10.5. The number of allylic oxidation sites excluding steroid dienone is 1. The molecule has 0 heterocycles. The number of hydrogen-bond acceptors (Lipinski definition) is 2. The minimum atomic E-state index is 0.382. The van der Waals surface area contributed by atoms with Gasteiger partial charge in [0, 0.05) is 11.5 Å². The van der Waals surface area contributed by atoms with Crippen LogP contribution in [0, 0.1) is 46.8 Å². The lowest BCUT2D eigenvalue weighted by Gasteiger charge is -2.54. The molecular weight excluding hydrogens is 507 g/mol. The maximum absolute atomic E-state index is 6.02. The van der Waals surface area contributed by atoms with Crippen LogP contribution >= 0.6 is 22.6 Å². The Bertz CT molecular complexity index is 658. The van der Waals surface area contributed by atoms with Gasteiger partial charge < -0.3 is 9.47 Å². The molecule has 0 aliphatic heterocycles. The third-order valence-corrected chi connectivity index (χ3v) is 11.4. The van der Waals surface area contributed by atoms with Crippen molar-refractivity contribution in [3.8, 4) is 0 Å². The molecule has 0 radical (unpaired) electrons. The molecule has 0 bridgehead atoms. The van der Waals surface area contributed by atoms with Crippen molar-refractivity contribution in [1.29, 1.82) is 0 Å². The number of alkyl halides is 1. The molecule has 0 saturated heterocycles. The fraction of sp³-hybridized carbons (Fsp3) is 0.931. The van der Waals surface area contributed by atoms with E-state index in [1.165, 1.54) is 75.1 Å². The van der Waals surface area contributed by atoms with Gasteiger partial charge in [-0.05, 0) is 98.2 Å². The molecule has 2 saturated carbocycles. The summed E-state index contributed by atoms with van der Waals surface area (Å²) < 4.78 is 12.5. The second-order valence-electron chi connectivity index (χ2n) is 12.5. The average molecular weight is 557 g/mol. The molecule has 0 aromatic rings. The molecule has 1 unspecified atom stereocenters. The number of rotatable bonds is 9. The SMILES string of the molecule is COCO[C@H]1CCC2=C(C1)C(CI)C[C@@H]1[C@@H]2CC[C@]2(C)[C@@H]([C@H](C)CCCC(C)C)CC[C@@H]12. The minimum absolute atomic E-state index is 0.382. The van der Waals surface area contributed by atoms with Crippen molar-refractivity contribution in [2.45, 2.75) is 104 Å². The van der Waals surface area contributed by atoms with Gasteiger partial charge in [-0.3, -0.25) is 0 Å². The Labute approximate surface area is 212 Å². The van der Waals surface area contributed by atoms with Gasteiger partial charge in [0.1, 0.15) is 6.79 Å². The van der Waals surface area contributed by atoms with E-state index < -0.39 is 0 Å². The summed E-state index contributed by atoms with van der Waals surface area (Å²) in [7, 11) is 1.74. The van der Waals surface area contributed by atoms with E-state index in [-0.39, 0.29) is 0 Å². The summed E-state index contributed by atoms with van der Waals surface area (Å²) >= 11 is 2.67. The van der Waals surface area contributed by atoms with Gasteiger partial charge >= 0.3 is 0 Å². The Morgan fingerprint density at radius 3 is 2.59 bits per heavy atom. The Morgan fingerprint density at radius 2 is 1.88 bits per heavy atom. The number of fused-ring (bicyclic) bond motifs is 4. The molecule has 0 aromatic carbocycles. The predicted molar refractivity (Wildman–Crippen MR) is 143 cm³/mol. The van der Waals surface area contributed by atoms with E-state index in [4.69, 9.17) is 9.47 Å². The Balaban J connectivity index is 1.48. The van der Waals surface area contributed by atoms with Gasteiger partial charge in [-0.1, -0.05) is 80.7 Å². The highest BCUT2D eigenvalue weighted by Crippen LogP contribution is 2.65. The zero-order valence-corrected chi connectivity index (χ0v) is 23.7. The zero-order chi connectivity index (χ0) is 22.9. The third kappa shape index (κ3) is 5.01. The number of methoxy groups -OCH3 is 1. The van der Waals surface area contributed by atoms with Crippen LogP contribution in [0.3, 0.4) is 0 Å². The maximum atomic E-state index is 6.02. The summed E-state index contributed by atoms with van der Waals surface area (Å²) in [5.74, 6) is 6.35. The molecule has 2 fully saturated rings. The molecule has 0 aromatic heterocycles. The van der Waals surface area contributed by atoms with Crippen molar-refractivity contribution in [2.75, 3.05) is 18.3 Å². The summed E-state index contributed by atoms with van der Waals surface area (Å²) in [6, 6.07) is 0. The van der Waals surface area contributed by atoms with Crippen LogP contribution in [-0.4, -0.2) is 24.4 Å². The fourth-order valence-electron chi connectivity index (χ4n) is 8.81. The van der Waals surface area contributed by atoms with Crippen LogP contribution in [0.5, 0.6) is 0 Å². The lowest BCUT2D eigenvalue weighted by atomic mass is 9.51. The van der Waals surface area contributed by atoms with Crippen molar-refractivity contribution < 1.29 is 9.47 Å². The van der Waals surface area contributed by atoms with Crippen molar-refractivity contribution in [1.82, 2.24) is 0 Å². The van der Waals surface area contributed by atoms with Crippen molar-refractivity contribution in [2.24, 2.45) is 46.8 Å². The third-order valence-electron chi connectivity index (χ3n) is 10.3. The van der Waals surface area contributed by atoms with Crippen LogP contribution in [-0.2, 0) is 9.47 Å². The highest BCUT2D eigenvalue weighted by molar-refractivity contribution is 14.1. The number of hydrogen-bond donors (Lipinski definition) is 0. The van der Waals surface area contributed by atoms with E-state index in [9.17, 15) is 0 Å². The van der Waals surface area contributed by atoms with Crippen LogP contribution in [0.25, 0.3) is 0 Å². The first-order valence-corrected chi connectivity index (χ1v) is 15.3. The molecule has 4 aliphatic rings. The highest BCUT2D eigenvalue weighted by Gasteiger charge is 2.56. The lowest BCUT2D eigenvalue weighted by Crippen LogP contribution is -2.46. The van der Waals surface area contributed by atoms with Crippen LogP contribution in [0.15, 0.2) is 11.1 Å². The first kappa shape index (κ1) is 25.5. The van der Waals surface area contributed by atoms with Gasteiger partial charge in [0.2, 0.25) is 0 Å². The molecule has 0 N–H and O–H groups in total. The first-order valence-electron chi connectivity index (χ1n) is 13.8. The normalized spacial score (nSPS) is 40.2. The van der Waals surface area contributed by atoms with Crippen molar-refractivity contribution in [3.05, 3.63) is 11.1 Å². The van der Waals surface area contributed by atoms with E-state index in [0.29, 0.717) is 18.3 Å². The first-order chi connectivity index (χ1) is 15.4. The average Bonchev–Trinajstić information content (AvgIpc) is 3.14. The van der Waals surface area contributed by atoms with E-state index in [1.54, 1.807) is 7.11 Å². The summed E-state index contributed by atoms with van der Waals surface area (Å²) in [5, 5.41) is 0. The van der Waals surface area contributed by atoms with Crippen LogP contribution < -0.4 is 0 Å². The largest absolute Gasteiger partial charge is 0.359 e. The smallest absolute Gasteiger partial charge is 0.146 e. The van der Waals surface area contributed by atoms with Crippen LogP contribution in [0.4, 0.5) is 0 Å². The topological polar surface area (TPSA) is 18.5 Å². The molecule has 0 amide bonds. The van der Waals surface area contributed by atoms with Gasteiger partial charge in [0.25, 0.3) is 0 Å². The molecule has 4 rings (SSSR count). The monoisotopic (exact) mass is 556 g/mol. The fourth-order valence-corrected chi connectivity index (χ4v) is 9.71. The van der Waals surface area contributed by atoms with Gasteiger partial charge in [-0.15, -0.1) is 0 Å². The minimum Gasteiger partial charge on any atom is -0.359 e. The molecule has 4 aliphatic carbocycles. The Kier molecular flexibility index (Phi) is 8.74. The summed E-state index contributed by atoms with van der Waals surface area (Å²) in [6.07, 6.45) is 15.7. The molecular formula is C29H49IO2. The molecule has 32 heavy (non-hydrogen) atoms. The predicted octanol–water partition coefficient (Wildman–Crippen LogP) is 8.43. The Hall–Kier alpha value is 0.390. The quantitative estimate of drug-likeness (QED) is 0.123. The van der Waals surface area contributed by atoms with Gasteiger partial charge in [0.05, 0.1) is 6.10 Å².